The van der Waals surface area contributed by atoms with E-state index < -0.39 is 0 Å². The third-order valence-corrected chi connectivity index (χ3v) is 2.67. The molecule has 17 heavy (non-hydrogen) atoms. The lowest BCUT2D eigenvalue weighted by Gasteiger charge is -2.11. The minimum Gasteiger partial charge on any atom is -0.269 e. The second-order valence-corrected chi connectivity index (χ2v) is 4.57. The van der Waals surface area contributed by atoms with E-state index in [1.807, 2.05) is 27.7 Å². The first-order chi connectivity index (χ1) is 7.91. The zero-order valence-corrected chi connectivity index (χ0v) is 10.5. The van der Waals surface area contributed by atoms with Gasteiger partial charge in [0, 0.05) is 11.1 Å². The van der Waals surface area contributed by atoms with E-state index in [4.69, 9.17) is 0 Å². The molecular formula is C12H16N2O3. The molecule has 0 bridgehead atoms. The standard InChI is InChI=1S/C12H16N2O3/c1-7(2)9-10(8(3)4)12(17)14(11(9)16)5-13-6-15/h7-8H,5H2,1-4H3. The van der Waals surface area contributed by atoms with Crippen molar-refractivity contribution in [3.8, 4) is 0 Å². The Morgan fingerprint density at radius 2 is 1.47 bits per heavy atom. The average Bonchev–Trinajstić information content (AvgIpc) is 2.48. The number of hydrogen-bond donors (Lipinski definition) is 0. The van der Waals surface area contributed by atoms with Gasteiger partial charge in [-0.3, -0.25) is 14.5 Å². The van der Waals surface area contributed by atoms with Crippen molar-refractivity contribution in [1.29, 1.82) is 0 Å². The van der Waals surface area contributed by atoms with E-state index in [9.17, 15) is 14.4 Å². The van der Waals surface area contributed by atoms with Crippen LogP contribution in [-0.2, 0) is 14.4 Å². The summed E-state index contributed by atoms with van der Waals surface area (Å²) in [6, 6.07) is 0. The Hall–Kier alpha value is -1.74. The first kappa shape index (κ1) is 13.3. The van der Waals surface area contributed by atoms with Crippen molar-refractivity contribution < 1.29 is 14.4 Å². The van der Waals surface area contributed by atoms with Gasteiger partial charge in [-0.05, 0) is 11.8 Å². The molecule has 5 nitrogen and oxygen atoms in total. The van der Waals surface area contributed by atoms with E-state index in [0.29, 0.717) is 11.1 Å². The first-order valence-electron chi connectivity index (χ1n) is 5.55. The highest BCUT2D eigenvalue weighted by Crippen LogP contribution is 2.31. The van der Waals surface area contributed by atoms with Gasteiger partial charge < -0.3 is 0 Å². The van der Waals surface area contributed by atoms with Crippen molar-refractivity contribution in [3.63, 3.8) is 0 Å². The first-order valence-corrected chi connectivity index (χ1v) is 5.55. The predicted molar refractivity (Wildman–Crippen MR) is 61.5 cm³/mol. The van der Waals surface area contributed by atoms with E-state index in [2.05, 4.69) is 4.99 Å². The molecule has 1 aliphatic rings. The third-order valence-electron chi connectivity index (χ3n) is 2.67. The maximum atomic E-state index is 12.0. The molecule has 0 atom stereocenters. The van der Waals surface area contributed by atoms with Crippen molar-refractivity contribution in [2.24, 2.45) is 16.8 Å². The summed E-state index contributed by atoms with van der Waals surface area (Å²) in [5.41, 5.74) is 1.07. The van der Waals surface area contributed by atoms with Gasteiger partial charge >= 0.3 is 0 Å². The van der Waals surface area contributed by atoms with E-state index in [1.165, 1.54) is 6.08 Å². The number of nitrogens with zero attached hydrogens (tertiary/aromatic N) is 2. The highest BCUT2D eigenvalue weighted by molar-refractivity contribution is 6.19. The Morgan fingerprint density at radius 1 is 1.06 bits per heavy atom. The van der Waals surface area contributed by atoms with Crippen LogP contribution in [0.3, 0.4) is 0 Å². The lowest BCUT2D eigenvalue weighted by atomic mass is 9.92. The van der Waals surface area contributed by atoms with E-state index in [0.717, 1.165) is 4.90 Å². The number of carbonyl (C=O) groups excluding carboxylic acids is 3. The highest BCUT2D eigenvalue weighted by atomic mass is 16.2. The van der Waals surface area contributed by atoms with Crippen molar-refractivity contribution in [2.45, 2.75) is 27.7 Å². The normalized spacial score (nSPS) is 16.2. The van der Waals surface area contributed by atoms with Gasteiger partial charge in [0.25, 0.3) is 11.8 Å². The second kappa shape index (κ2) is 5.06. The average molecular weight is 236 g/mol. The van der Waals surface area contributed by atoms with Crippen LogP contribution in [0.2, 0.25) is 0 Å². The number of carbonyl (C=O) groups is 2. The summed E-state index contributed by atoms with van der Waals surface area (Å²) in [6.45, 7) is 7.24. The van der Waals surface area contributed by atoms with Crippen LogP contribution in [0.4, 0.5) is 0 Å². The molecule has 0 fully saturated rings. The zero-order chi connectivity index (χ0) is 13.2. The Balaban J connectivity index is 3.17. The molecule has 0 aromatic rings. The van der Waals surface area contributed by atoms with Gasteiger partial charge in [-0.25, -0.2) is 4.79 Å². The number of amides is 2. The molecule has 0 saturated heterocycles. The smallest absolute Gasteiger partial charge is 0.258 e. The fraction of sp³-hybridized carbons (Fsp3) is 0.583. The molecule has 0 saturated carbocycles. The largest absolute Gasteiger partial charge is 0.269 e. The van der Waals surface area contributed by atoms with Crippen LogP contribution in [0.25, 0.3) is 0 Å². The van der Waals surface area contributed by atoms with Crippen LogP contribution in [-0.4, -0.2) is 29.5 Å². The zero-order valence-electron chi connectivity index (χ0n) is 10.5. The molecule has 2 amide bonds. The molecular weight excluding hydrogens is 220 g/mol. The summed E-state index contributed by atoms with van der Waals surface area (Å²) in [6.07, 6.45) is 1.33. The van der Waals surface area contributed by atoms with Crippen LogP contribution in [0.1, 0.15) is 27.7 Å². The van der Waals surface area contributed by atoms with Crippen LogP contribution >= 0.6 is 0 Å². The van der Waals surface area contributed by atoms with Crippen LogP contribution in [0.15, 0.2) is 16.1 Å². The molecule has 0 radical (unpaired) electrons. The maximum Gasteiger partial charge on any atom is 0.258 e. The molecule has 0 aliphatic carbocycles. The van der Waals surface area contributed by atoms with Gasteiger partial charge in [0.15, 0.2) is 0 Å². The molecule has 0 N–H and O–H groups in total. The van der Waals surface area contributed by atoms with Crippen molar-refractivity contribution in [2.75, 3.05) is 6.67 Å². The molecule has 0 unspecified atom stereocenters. The predicted octanol–water partition coefficient (Wildman–Crippen LogP) is 1.26. The summed E-state index contributed by atoms with van der Waals surface area (Å²) in [5.74, 6) is -0.719. The SMILES string of the molecule is CC(C)C1=C(C(C)C)C(=O)N(CN=C=O)C1=O. The lowest BCUT2D eigenvalue weighted by Crippen LogP contribution is -2.32. The topological polar surface area (TPSA) is 66.8 Å². The Kier molecular flexibility index (Phi) is 3.97. The second-order valence-electron chi connectivity index (χ2n) is 4.57. The van der Waals surface area contributed by atoms with Gasteiger partial charge in [0.05, 0.1) is 0 Å². The maximum absolute atomic E-state index is 12.0. The number of rotatable bonds is 4. The van der Waals surface area contributed by atoms with Gasteiger partial charge in [-0.15, -0.1) is 0 Å². The van der Waals surface area contributed by atoms with Crippen LogP contribution < -0.4 is 0 Å². The molecule has 0 aromatic heterocycles. The van der Waals surface area contributed by atoms with Crippen molar-refractivity contribution in [3.05, 3.63) is 11.1 Å². The number of hydrogen-bond acceptors (Lipinski definition) is 4. The summed E-state index contributed by atoms with van der Waals surface area (Å²) in [4.78, 5) is 38.4. The fourth-order valence-corrected chi connectivity index (χ4v) is 1.96. The summed E-state index contributed by atoms with van der Waals surface area (Å²) in [5, 5.41) is 0. The van der Waals surface area contributed by atoms with Crippen LogP contribution in [0.5, 0.6) is 0 Å². The third kappa shape index (κ3) is 2.34. The van der Waals surface area contributed by atoms with Gasteiger partial charge in [-0.2, -0.15) is 4.99 Å². The minimum absolute atomic E-state index is 0.0194. The summed E-state index contributed by atoms with van der Waals surface area (Å²) in [7, 11) is 0. The van der Waals surface area contributed by atoms with Crippen LogP contribution in [0, 0.1) is 11.8 Å². The Bertz CT molecular complexity index is 399. The highest BCUT2D eigenvalue weighted by Gasteiger charge is 2.39. The number of isocyanates is 1. The van der Waals surface area contributed by atoms with Gasteiger partial charge in [-0.1, -0.05) is 27.7 Å². The molecule has 1 rings (SSSR count). The molecule has 0 aromatic carbocycles. The van der Waals surface area contributed by atoms with Crippen molar-refractivity contribution >= 4 is 17.9 Å². The van der Waals surface area contributed by atoms with E-state index in [-0.39, 0.29) is 30.3 Å². The number of aliphatic imine (C=N–C) groups is 1. The monoisotopic (exact) mass is 236 g/mol. The van der Waals surface area contributed by atoms with Crippen molar-refractivity contribution in [1.82, 2.24) is 4.90 Å². The Morgan fingerprint density at radius 3 is 1.76 bits per heavy atom. The minimum atomic E-state index is -0.340. The molecule has 0 spiro atoms. The number of imide groups is 1. The summed E-state index contributed by atoms with van der Waals surface area (Å²) < 4.78 is 0. The summed E-state index contributed by atoms with van der Waals surface area (Å²) >= 11 is 0. The molecule has 5 heteroatoms. The molecule has 92 valence electrons. The van der Waals surface area contributed by atoms with Gasteiger partial charge in [0.2, 0.25) is 6.08 Å². The quantitative estimate of drug-likeness (QED) is 0.419. The Labute approximate surface area is 100 Å². The molecule has 1 heterocycles. The fourth-order valence-electron chi connectivity index (χ4n) is 1.96. The van der Waals surface area contributed by atoms with E-state index >= 15 is 0 Å². The van der Waals surface area contributed by atoms with E-state index in [1.54, 1.807) is 0 Å². The molecule has 1 aliphatic heterocycles. The lowest BCUT2D eigenvalue weighted by molar-refractivity contribution is -0.137. The van der Waals surface area contributed by atoms with Gasteiger partial charge in [0.1, 0.15) is 6.67 Å².